The van der Waals surface area contributed by atoms with Gasteiger partial charge in [-0.15, -0.1) is 0 Å². The Balaban J connectivity index is 1.82. The van der Waals surface area contributed by atoms with E-state index in [4.69, 9.17) is 14.2 Å². The van der Waals surface area contributed by atoms with Crippen LogP contribution in [0.3, 0.4) is 0 Å². The van der Waals surface area contributed by atoms with Gasteiger partial charge in [-0.1, -0.05) is 31.9 Å². The van der Waals surface area contributed by atoms with Crippen LogP contribution in [-0.2, 0) is 17.8 Å². The predicted octanol–water partition coefficient (Wildman–Crippen LogP) is 3.95. The molecule has 9 heteroatoms. The zero-order valence-electron chi connectivity index (χ0n) is 23.2. The minimum atomic E-state index is -0.161. The molecule has 38 heavy (non-hydrogen) atoms. The van der Waals surface area contributed by atoms with Gasteiger partial charge in [0.15, 0.2) is 11.5 Å². The molecule has 0 bridgehead atoms. The van der Waals surface area contributed by atoms with Gasteiger partial charge in [0.2, 0.25) is 5.91 Å². The third-order valence-electron chi connectivity index (χ3n) is 6.71. The third kappa shape index (κ3) is 7.31. The molecule has 0 aliphatic carbocycles. The Morgan fingerprint density at radius 3 is 2.45 bits per heavy atom. The maximum absolute atomic E-state index is 13.7. The fraction of sp³-hybridized carbons (Fsp3) is 0.517. The molecule has 0 spiro atoms. The first-order valence-corrected chi connectivity index (χ1v) is 13.1. The number of likely N-dealkylation sites (N-methyl/N-ethyl adjacent to an activating group) is 1. The maximum Gasteiger partial charge on any atom is 0.324 e. The number of benzene rings is 2. The standard InChI is InChI=1S/C29H41N3O6/c1-6-7-8-13-38-27-16-24(11-12-25(27)36-4)32-18-22(20-33)17-31(29(32)35)19-23-10-9-21(14-26(23)37-5)15-28(34)30(2)3/h9-12,14,16,22,33H,6-8,13,15,17-20H2,1-5H3/t22-/m1/s1. The van der Waals surface area contributed by atoms with E-state index >= 15 is 0 Å². The second-order valence-corrected chi connectivity index (χ2v) is 9.82. The number of nitrogens with zero attached hydrogens (tertiary/aromatic N) is 3. The summed E-state index contributed by atoms with van der Waals surface area (Å²) in [5.74, 6) is 1.71. The molecule has 0 radical (unpaired) electrons. The van der Waals surface area contributed by atoms with E-state index in [1.165, 1.54) is 0 Å². The first-order valence-electron chi connectivity index (χ1n) is 13.1. The van der Waals surface area contributed by atoms with Crippen LogP contribution in [0.25, 0.3) is 0 Å². The first-order chi connectivity index (χ1) is 18.3. The van der Waals surface area contributed by atoms with Crippen molar-refractivity contribution in [1.82, 2.24) is 9.80 Å². The first kappa shape index (κ1) is 29.1. The Kier molecular flexibility index (Phi) is 10.6. The number of aliphatic hydroxyl groups is 1. The van der Waals surface area contributed by atoms with Crippen LogP contribution in [0.2, 0.25) is 0 Å². The summed E-state index contributed by atoms with van der Waals surface area (Å²) < 4.78 is 17.1. The number of rotatable bonds is 13. The lowest BCUT2D eigenvalue weighted by Gasteiger charge is -2.40. The van der Waals surface area contributed by atoms with E-state index in [9.17, 15) is 14.7 Å². The van der Waals surface area contributed by atoms with Crippen LogP contribution in [0.15, 0.2) is 36.4 Å². The number of carbonyl (C=O) groups is 2. The van der Waals surface area contributed by atoms with Crippen molar-refractivity contribution in [2.75, 3.05) is 59.5 Å². The van der Waals surface area contributed by atoms with Crippen LogP contribution in [-0.4, -0.2) is 81.5 Å². The van der Waals surface area contributed by atoms with Crippen molar-refractivity contribution in [1.29, 1.82) is 0 Å². The monoisotopic (exact) mass is 527 g/mol. The van der Waals surface area contributed by atoms with Gasteiger partial charge < -0.3 is 29.1 Å². The van der Waals surface area contributed by atoms with Crippen LogP contribution in [0.5, 0.6) is 17.2 Å². The number of methoxy groups -OCH3 is 2. The van der Waals surface area contributed by atoms with Crippen LogP contribution < -0.4 is 19.1 Å². The third-order valence-corrected chi connectivity index (χ3v) is 6.71. The molecule has 0 saturated carbocycles. The molecular formula is C29H41N3O6. The van der Waals surface area contributed by atoms with E-state index in [0.717, 1.165) is 30.4 Å². The Morgan fingerprint density at radius 2 is 1.79 bits per heavy atom. The molecule has 1 N–H and O–H groups in total. The predicted molar refractivity (Wildman–Crippen MR) is 147 cm³/mol. The summed E-state index contributed by atoms with van der Waals surface area (Å²) in [6.45, 7) is 3.81. The minimum absolute atomic E-state index is 0.000597. The van der Waals surface area contributed by atoms with Gasteiger partial charge in [0, 0.05) is 57.0 Å². The fourth-order valence-corrected chi connectivity index (χ4v) is 4.47. The van der Waals surface area contributed by atoms with Crippen molar-refractivity contribution in [3.63, 3.8) is 0 Å². The van der Waals surface area contributed by atoms with Gasteiger partial charge in [-0.2, -0.15) is 0 Å². The normalized spacial score (nSPS) is 15.4. The highest BCUT2D eigenvalue weighted by Gasteiger charge is 2.33. The Bertz CT molecular complexity index is 1090. The van der Waals surface area contributed by atoms with Gasteiger partial charge in [-0.3, -0.25) is 9.69 Å². The molecule has 3 rings (SSSR count). The average Bonchev–Trinajstić information content (AvgIpc) is 2.92. The van der Waals surface area contributed by atoms with E-state index in [0.29, 0.717) is 49.2 Å². The molecule has 9 nitrogen and oxygen atoms in total. The number of anilines is 1. The number of hydrogen-bond donors (Lipinski definition) is 1. The average molecular weight is 528 g/mol. The number of hydrogen-bond acceptors (Lipinski definition) is 6. The van der Waals surface area contributed by atoms with E-state index in [1.807, 2.05) is 30.3 Å². The maximum atomic E-state index is 13.7. The van der Waals surface area contributed by atoms with Gasteiger partial charge >= 0.3 is 6.03 Å². The van der Waals surface area contributed by atoms with E-state index < -0.39 is 0 Å². The largest absolute Gasteiger partial charge is 0.496 e. The zero-order chi connectivity index (χ0) is 27.7. The van der Waals surface area contributed by atoms with Crippen LogP contribution >= 0.6 is 0 Å². The summed E-state index contributed by atoms with van der Waals surface area (Å²) in [5.41, 5.74) is 2.36. The highest BCUT2D eigenvalue weighted by atomic mass is 16.5. The molecule has 0 unspecified atom stereocenters. The molecule has 208 valence electrons. The van der Waals surface area contributed by atoms with Gasteiger partial charge in [0.05, 0.1) is 33.8 Å². The summed E-state index contributed by atoms with van der Waals surface area (Å²) in [7, 11) is 6.63. The number of aliphatic hydroxyl groups excluding tert-OH is 1. The molecule has 1 aliphatic rings. The summed E-state index contributed by atoms with van der Waals surface area (Å²) in [4.78, 5) is 30.7. The summed E-state index contributed by atoms with van der Waals surface area (Å²) in [6.07, 6.45) is 3.39. The second-order valence-electron chi connectivity index (χ2n) is 9.82. The Hall–Kier alpha value is -3.46. The highest BCUT2D eigenvalue weighted by molar-refractivity contribution is 5.93. The van der Waals surface area contributed by atoms with E-state index in [-0.39, 0.29) is 30.9 Å². The molecular weight excluding hydrogens is 486 g/mol. The molecule has 1 saturated heterocycles. The Morgan fingerprint density at radius 1 is 1.03 bits per heavy atom. The lowest BCUT2D eigenvalue weighted by atomic mass is 10.0. The van der Waals surface area contributed by atoms with E-state index in [1.54, 1.807) is 49.1 Å². The molecule has 0 aromatic heterocycles. The van der Waals surface area contributed by atoms with Crippen LogP contribution in [0, 0.1) is 5.92 Å². The molecule has 3 amide bonds. The Labute approximate surface area is 225 Å². The van der Waals surface area contributed by atoms with Gasteiger partial charge in [-0.25, -0.2) is 4.79 Å². The quantitative estimate of drug-likeness (QED) is 0.397. The van der Waals surface area contributed by atoms with Gasteiger partial charge in [0.1, 0.15) is 5.75 Å². The molecule has 2 aromatic rings. The van der Waals surface area contributed by atoms with Crippen molar-refractivity contribution in [2.45, 2.75) is 39.2 Å². The van der Waals surface area contributed by atoms with Crippen molar-refractivity contribution < 1.29 is 28.9 Å². The number of urea groups is 1. The molecule has 1 atom stereocenters. The minimum Gasteiger partial charge on any atom is -0.496 e. The second kappa shape index (κ2) is 13.9. The van der Waals surface area contributed by atoms with Crippen LogP contribution in [0.1, 0.15) is 37.3 Å². The van der Waals surface area contributed by atoms with Crippen molar-refractivity contribution >= 4 is 17.6 Å². The number of carbonyl (C=O) groups excluding carboxylic acids is 2. The molecule has 1 heterocycles. The van der Waals surface area contributed by atoms with Crippen LogP contribution in [0.4, 0.5) is 10.5 Å². The summed E-state index contributed by atoms with van der Waals surface area (Å²) in [5, 5.41) is 10.0. The van der Waals surface area contributed by atoms with Crippen molar-refractivity contribution in [3.8, 4) is 17.2 Å². The van der Waals surface area contributed by atoms with E-state index in [2.05, 4.69) is 6.92 Å². The van der Waals surface area contributed by atoms with Gasteiger partial charge in [0.25, 0.3) is 0 Å². The topological polar surface area (TPSA) is 91.8 Å². The van der Waals surface area contributed by atoms with Crippen molar-refractivity contribution in [2.24, 2.45) is 5.92 Å². The van der Waals surface area contributed by atoms with Gasteiger partial charge in [-0.05, 0) is 30.2 Å². The highest BCUT2D eigenvalue weighted by Crippen LogP contribution is 2.34. The number of unbranched alkanes of at least 4 members (excludes halogenated alkanes) is 2. The fourth-order valence-electron chi connectivity index (χ4n) is 4.47. The number of ether oxygens (including phenoxy) is 3. The summed E-state index contributed by atoms with van der Waals surface area (Å²) in [6, 6.07) is 10.9. The lowest BCUT2D eigenvalue weighted by Crippen LogP contribution is -2.54. The molecule has 1 aliphatic heterocycles. The summed E-state index contributed by atoms with van der Waals surface area (Å²) >= 11 is 0. The van der Waals surface area contributed by atoms with Crippen molar-refractivity contribution in [3.05, 3.63) is 47.5 Å². The number of amides is 3. The smallest absolute Gasteiger partial charge is 0.324 e. The lowest BCUT2D eigenvalue weighted by molar-refractivity contribution is -0.127. The molecule has 2 aromatic carbocycles. The SMILES string of the molecule is CCCCCOc1cc(N2C[C@H](CO)CN(Cc3ccc(CC(=O)N(C)C)cc3OC)C2=O)ccc1OC. The zero-order valence-corrected chi connectivity index (χ0v) is 23.2. The molecule has 1 fully saturated rings.